The SMILES string of the molecule is CN1CCc2cc([C@@H](O)CNS(=O)(=O)c3c(F)cccc3F)ccc21. The molecule has 3 rings (SSSR count). The average molecular weight is 368 g/mol. The first kappa shape index (κ1) is 17.8. The first-order chi connectivity index (χ1) is 11.8. The number of fused-ring (bicyclic) bond motifs is 1. The standard InChI is InChI=1S/C17H18F2N2O3S/c1-21-8-7-11-9-12(5-6-15(11)21)16(22)10-20-25(23,24)17-13(18)3-2-4-14(17)19/h2-6,9,16,20,22H,7-8,10H2,1H3/t16-/m0/s1. The molecule has 0 saturated carbocycles. The Bertz CT molecular complexity index is 883. The number of halogens is 2. The third-order valence-corrected chi connectivity index (χ3v) is 5.74. The topological polar surface area (TPSA) is 69.6 Å². The summed E-state index contributed by atoms with van der Waals surface area (Å²) < 4.78 is 53.6. The molecule has 0 amide bonds. The molecule has 2 aromatic rings. The number of anilines is 1. The smallest absolute Gasteiger partial charge is 0.246 e. The second kappa shape index (κ2) is 6.70. The molecule has 0 fully saturated rings. The molecule has 1 atom stereocenters. The number of nitrogens with zero attached hydrogens (tertiary/aromatic N) is 1. The van der Waals surface area contributed by atoms with Crippen LogP contribution in [0.5, 0.6) is 0 Å². The quantitative estimate of drug-likeness (QED) is 0.847. The lowest BCUT2D eigenvalue weighted by Gasteiger charge is -2.16. The molecule has 0 saturated heterocycles. The summed E-state index contributed by atoms with van der Waals surface area (Å²) in [5, 5.41) is 10.2. The maximum absolute atomic E-state index is 13.7. The number of likely N-dealkylation sites (N-methyl/N-ethyl adjacent to an activating group) is 1. The van der Waals surface area contributed by atoms with E-state index in [4.69, 9.17) is 0 Å². The van der Waals surface area contributed by atoms with Gasteiger partial charge in [0.15, 0.2) is 4.90 Å². The van der Waals surface area contributed by atoms with Crippen LogP contribution in [-0.2, 0) is 16.4 Å². The fraction of sp³-hybridized carbons (Fsp3) is 0.294. The van der Waals surface area contributed by atoms with Crippen LogP contribution in [0.1, 0.15) is 17.2 Å². The number of rotatable bonds is 5. The third kappa shape index (κ3) is 3.51. The van der Waals surface area contributed by atoms with Crippen LogP contribution >= 0.6 is 0 Å². The van der Waals surface area contributed by atoms with Crippen molar-refractivity contribution in [2.45, 2.75) is 17.4 Å². The minimum absolute atomic E-state index is 0.384. The number of nitrogens with one attached hydrogen (secondary N) is 1. The Morgan fingerprint density at radius 3 is 2.60 bits per heavy atom. The van der Waals surface area contributed by atoms with Gasteiger partial charge in [-0.15, -0.1) is 0 Å². The monoisotopic (exact) mass is 368 g/mol. The Balaban J connectivity index is 1.75. The molecule has 1 aliphatic heterocycles. The predicted molar refractivity (Wildman–Crippen MR) is 89.9 cm³/mol. The van der Waals surface area contributed by atoms with Gasteiger partial charge in [0.05, 0.1) is 6.10 Å². The molecule has 0 unspecified atom stereocenters. The van der Waals surface area contributed by atoms with Crippen LogP contribution in [0, 0.1) is 11.6 Å². The first-order valence-corrected chi connectivity index (χ1v) is 9.23. The van der Waals surface area contributed by atoms with Gasteiger partial charge in [0, 0.05) is 25.8 Å². The molecule has 2 aromatic carbocycles. The average Bonchev–Trinajstić information content (AvgIpc) is 2.93. The summed E-state index contributed by atoms with van der Waals surface area (Å²) >= 11 is 0. The van der Waals surface area contributed by atoms with Crippen LogP contribution in [0.4, 0.5) is 14.5 Å². The van der Waals surface area contributed by atoms with Gasteiger partial charge < -0.3 is 10.0 Å². The Morgan fingerprint density at radius 2 is 1.92 bits per heavy atom. The van der Waals surface area contributed by atoms with Gasteiger partial charge in [-0.25, -0.2) is 21.9 Å². The summed E-state index contributed by atoms with van der Waals surface area (Å²) in [5.74, 6) is -2.36. The van der Waals surface area contributed by atoms with E-state index in [2.05, 4.69) is 9.62 Å². The lowest BCUT2D eigenvalue weighted by molar-refractivity contribution is 0.182. The molecular weight excluding hydrogens is 350 g/mol. The highest BCUT2D eigenvalue weighted by Gasteiger charge is 2.25. The van der Waals surface area contributed by atoms with E-state index >= 15 is 0 Å². The molecular formula is C17H18F2N2O3S. The van der Waals surface area contributed by atoms with E-state index in [1.807, 2.05) is 19.2 Å². The van der Waals surface area contributed by atoms with Gasteiger partial charge in [0.1, 0.15) is 11.6 Å². The van der Waals surface area contributed by atoms with E-state index in [1.165, 1.54) is 0 Å². The maximum Gasteiger partial charge on any atom is 0.246 e. The van der Waals surface area contributed by atoms with E-state index in [9.17, 15) is 22.3 Å². The van der Waals surface area contributed by atoms with Crippen molar-refractivity contribution in [1.29, 1.82) is 0 Å². The molecule has 5 nitrogen and oxygen atoms in total. The van der Waals surface area contributed by atoms with E-state index in [0.29, 0.717) is 5.56 Å². The van der Waals surface area contributed by atoms with E-state index in [1.54, 1.807) is 6.07 Å². The number of hydrogen-bond acceptors (Lipinski definition) is 4. The number of aliphatic hydroxyl groups excluding tert-OH is 1. The summed E-state index contributed by atoms with van der Waals surface area (Å²) in [6.45, 7) is 0.499. The lowest BCUT2D eigenvalue weighted by Crippen LogP contribution is -2.30. The zero-order valence-electron chi connectivity index (χ0n) is 13.5. The summed E-state index contributed by atoms with van der Waals surface area (Å²) in [5.41, 5.74) is 2.69. The number of aliphatic hydroxyl groups is 1. The number of hydrogen-bond donors (Lipinski definition) is 2. The van der Waals surface area contributed by atoms with Crippen molar-refractivity contribution < 1.29 is 22.3 Å². The molecule has 0 radical (unpaired) electrons. The number of sulfonamides is 1. The van der Waals surface area contributed by atoms with E-state index < -0.39 is 32.7 Å². The highest BCUT2D eigenvalue weighted by Crippen LogP contribution is 2.29. The zero-order valence-corrected chi connectivity index (χ0v) is 14.4. The minimum atomic E-state index is -4.41. The second-order valence-electron chi connectivity index (χ2n) is 5.98. The van der Waals surface area contributed by atoms with Gasteiger partial charge in [-0.1, -0.05) is 18.2 Å². The molecule has 0 aromatic heterocycles. The summed E-state index contributed by atoms with van der Waals surface area (Å²) in [7, 11) is -2.44. The van der Waals surface area contributed by atoms with Gasteiger partial charge in [-0.05, 0) is 35.7 Å². The van der Waals surface area contributed by atoms with E-state index in [0.717, 1.165) is 42.4 Å². The van der Waals surface area contributed by atoms with Crippen molar-refractivity contribution in [3.05, 3.63) is 59.2 Å². The zero-order chi connectivity index (χ0) is 18.2. The van der Waals surface area contributed by atoms with Gasteiger partial charge >= 0.3 is 0 Å². The van der Waals surface area contributed by atoms with Gasteiger partial charge in [-0.2, -0.15) is 0 Å². The Morgan fingerprint density at radius 1 is 1.24 bits per heavy atom. The molecule has 134 valence electrons. The third-order valence-electron chi connectivity index (χ3n) is 4.27. The Hall–Kier alpha value is -2.03. The van der Waals surface area contributed by atoms with Crippen molar-refractivity contribution in [3.8, 4) is 0 Å². The van der Waals surface area contributed by atoms with Crippen LogP contribution in [-0.4, -0.2) is 33.7 Å². The highest BCUT2D eigenvalue weighted by atomic mass is 32.2. The van der Waals surface area contributed by atoms with Crippen LogP contribution < -0.4 is 9.62 Å². The maximum atomic E-state index is 13.7. The lowest BCUT2D eigenvalue weighted by atomic mass is 10.0. The second-order valence-corrected chi connectivity index (χ2v) is 7.68. The molecule has 0 spiro atoms. The molecule has 1 aliphatic rings. The largest absolute Gasteiger partial charge is 0.387 e. The summed E-state index contributed by atoms with van der Waals surface area (Å²) in [6.07, 6.45) is -0.278. The molecule has 0 aliphatic carbocycles. The predicted octanol–water partition coefficient (Wildman–Crippen LogP) is 1.97. The van der Waals surface area contributed by atoms with Crippen molar-refractivity contribution in [1.82, 2.24) is 4.72 Å². The Kier molecular flexibility index (Phi) is 4.77. The van der Waals surface area contributed by atoms with Gasteiger partial charge in [0.2, 0.25) is 10.0 Å². The highest BCUT2D eigenvalue weighted by molar-refractivity contribution is 7.89. The summed E-state index contributed by atoms with van der Waals surface area (Å²) in [6, 6.07) is 8.22. The van der Waals surface area contributed by atoms with Gasteiger partial charge in [-0.3, -0.25) is 0 Å². The molecule has 25 heavy (non-hydrogen) atoms. The molecule has 1 heterocycles. The van der Waals surface area contributed by atoms with Gasteiger partial charge in [0.25, 0.3) is 0 Å². The Labute approximate surface area is 145 Å². The number of benzene rings is 2. The fourth-order valence-corrected chi connectivity index (χ4v) is 4.08. The van der Waals surface area contributed by atoms with Crippen LogP contribution in [0.2, 0.25) is 0 Å². The molecule has 0 bridgehead atoms. The van der Waals surface area contributed by atoms with Crippen LogP contribution in [0.3, 0.4) is 0 Å². The van der Waals surface area contributed by atoms with Crippen molar-refractivity contribution in [2.24, 2.45) is 0 Å². The van der Waals surface area contributed by atoms with Crippen molar-refractivity contribution >= 4 is 15.7 Å². The molecule has 8 heteroatoms. The fourth-order valence-electron chi connectivity index (χ4n) is 2.91. The summed E-state index contributed by atoms with van der Waals surface area (Å²) in [4.78, 5) is 1.05. The van der Waals surface area contributed by atoms with Crippen molar-refractivity contribution in [3.63, 3.8) is 0 Å². The first-order valence-electron chi connectivity index (χ1n) is 7.75. The van der Waals surface area contributed by atoms with Crippen LogP contribution in [0.25, 0.3) is 0 Å². The van der Waals surface area contributed by atoms with Crippen LogP contribution in [0.15, 0.2) is 41.3 Å². The van der Waals surface area contributed by atoms with Crippen molar-refractivity contribution in [2.75, 3.05) is 25.0 Å². The van der Waals surface area contributed by atoms with E-state index in [-0.39, 0.29) is 6.54 Å². The normalized spacial score (nSPS) is 15.3. The minimum Gasteiger partial charge on any atom is -0.387 e. The molecule has 2 N–H and O–H groups in total.